The highest BCUT2D eigenvalue weighted by molar-refractivity contribution is 5.47. The van der Waals surface area contributed by atoms with Crippen molar-refractivity contribution in [1.29, 1.82) is 0 Å². The Kier molecular flexibility index (Phi) is 4.27. The maximum Gasteiger partial charge on any atom is 0.257 e. The Balaban J connectivity index is 2.19. The molecule has 0 saturated heterocycles. The summed E-state index contributed by atoms with van der Waals surface area (Å²) in [5, 5.41) is 3.33. The molecule has 0 aliphatic heterocycles. The molecule has 0 aliphatic rings. The van der Waals surface area contributed by atoms with E-state index in [0.29, 0.717) is 11.7 Å². The summed E-state index contributed by atoms with van der Waals surface area (Å²) in [5.74, 6) is 2.99. The van der Waals surface area contributed by atoms with E-state index >= 15 is 0 Å². The topological polar surface area (TPSA) is 60.2 Å². The van der Waals surface area contributed by atoms with Crippen molar-refractivity contribution < 1.29 is 9.15 Å². The number of hydrogen-bond donors (Lipinski definition) is 1. The lowest BCUT2D eigenvalue weighted by molar-refractivity contribution is 0.233. The number of rotatable bonds is 5. The molecule has 0 aliphatic carbocycles. The molecule has 20 heavy (non-hydrogen) atoms. The molecule has 108 valence electrons. The van der Waals surface area contributed by atoms with Gasteiger partial charge in [0, 0.05) is 18.0 Å². The molecule has 0 aromatic carbocycles. The van der Waals surface area contributed by atoms with Crippen molar-refractivity contribution in [1.82, 2.24) is 9.97 Å². The van der Waals surface area contributed by atoms with E-state index in [9.17, 15) is 0 Å². The van der Waals surface area contributed by atoms with Gasteiger partial charge in [0.25, 0.3) is 5.88 Å². The van der Waals surface area contributed by atoms with E-state index in [2.05, 4.69) is 22.2 Å². The summed E-state index contributed by atoms with van der Waals surface area (Å²) in [6, 6.07) is 2.10. The highest BCUT2D eigenvalue weighted by Gasteiger charge is 2.16. The van der Waals surface area contributed by atoms with Crippen LogP contribution in [0.5, 0.6) is 5.88 Å². The number of nitrogens with one attached hydrogen (secondary N) is 1. The number of furan rings is 1. The van der Waals surface area contributed by atoms with E-state index in [4.69, 9.17) is 9.15 Å². The third-order valence-electron chi connectivity index (χ3n) is 2.91. The molecule has 2 aromatic rings. The zero-order valence-electron chi connectivity index (χ0n) is 12.6. The zero-order chi connectivity index (χ0) is 14.7. The molecule has 0 radical (unpaired) electrons. The van der Waals surface area contributed by atoms with Crippen molar-refractivity contribution in [2.75, 3.05) is 5.32 Å². The van der Waals surface area contributed by atoms with Crippen LogP contribution in [0.4, 0.5) is 5.82 Å². The molecule has 5 nitrogen and oxygen atoms in total. The van der Waals surface area contributed by atoms with Gasteiger partial charge in [-0.1, -0.05) is 0 Å². The number of hydrogen-bond acceptors (Lipinski definition) is 5. The molecule has 0 bridgehead atoms. The van der Waals surface area contributed by atoms with Crippen molar-refractivity contribution in [2.45, 2.75) is 46.8 Å². The van der Waals surface area contributed by atoms with Crippen molar-refractivity contribution >= 4 is 5.82 Å². The van der Waals surface area contributed by atoms with E-state index in [1.165, 1.54) is 0 Å². The van der Waals surface area contributed by atoms with Crippen molar-refractivity contribution in [3.8, 4) is 5.88 Å². The summed E-state index contributed by atoms with van der Waals surface area (Å²) in [6.07, 6.45) is 3.33. The molecule has 5 heteroatoms. The standard InChI is InChI=1S/C15H21N3O2/c1-9(2)19-15-14(16-6-7-17-15)18-11(4)13-8-10(3)20-12(13)5/h6-9,11H,1-5H3,(H,16,18). The van der Waals surface area contributed by atoms with Gasteiger partial charge in [0.2, 0.25) is 0 Å². The smallest absolute Gasteiger partial charge is 0.257 e. The van der Waals surface area contributed by atoms with Crippen LogP contribution in [0.25, 0.3) is 0 Å². The lowest BCUT2D eigenvalue weighted by Gasteiger charge is -2.17. The highest BCUT2D eigenvalue weighted by Crippen LogP contribution is 2.27. The summed E-state index contributed by atoms with van der Waals surface area (Å²) in [6.45, 7) is 9.89. The monoisotopic (exact) mass is 275 g/mol. The van der Waals surface area contributed by atoms with Crippen LogP contribution in [-0.2, 0) is 0 Å². The molecule has 0 saturated carbocycles. The van der Waals surface area contributed by atoms with Crippen molar-refractivity contribution in [3.63, 3.8) is 0 Å². The second-order valence-corrected chi connectivity index (χ2v) is 5.11. The van der Waals surface area contributed by atoms with E-state index in [-0.39, 0.29) is 12.1 Å². The molecular formula is C15H21N3O2. The first kappa shape index (κ1) is 14.4. The maximum absolute atomic E-state index is 5.66. The SMILES string of the molecule is Cc1cc(C(C)Nc2nccnc2OC(C)C)c(C)o1. The van der Waals surface area contributed by atoms with E-state index < -0.39 is 0 Å². The fourth-order valence-electron chi connectivity index (χ4n) is 2.10. The summed E-state index contributed by atoms with van der Waals surface area (Å²) in [4.78, 5) is 8.53. The predicted molar refractivity (Wildman–Crippen MR) is 78.0 cm³/mol. The van der Waals surface area contributed by atoms with Crippen LogP contribution < -0.4 is 10.1 Å². The fraction of sp³-hybridized carbons (Fsp3) is 0.467. The first-order valence-electron chi connectivity index (χ1n) is 6.78. The summed E-state index contributed by atoms with van der Waals surface area (Å²) >= 11 is 0. The average molecular weight is 275 g/mol. The quantitative estimate of drug-likeness (QED) is 0.902. The lowest BCUT2D eigenvalue weighted by Crippen LogP contribution is -2.13. The van der Waals surface area contributed by atoms with Crippen LogP contribution in [0.2, 0.25) is 0 Å². The molecule has 0 spiro atoms. The van der Waals surface area contributed by atoms with Gasteiger partial charge in [0.15, 0.2) is 5.82 Å². The third kappa shape index (κ3) is 3.29. The minimum Gasteiger partial charge on any atom is -0.472 e. The number of anilines is 1. The van der Waals surface area contributed by atoms with E-state index in [0.717, 1.165) is 17.1 Å². The molecule has 1 atom stereocenters. The molecule has 2 rings (SSSR count). The second-order valence-electron chi connectivity index (χ2n) is 5.11. The average Bonchev–Trinajstić information content (AvgIpc) is 2.70. The van der Waals surface area contributed by atoms with Gasteiger partial charge in [-0.25, -0.2) is 9.97 Å². The Morgan fingerprint density at radius 1 is 1.15 bits per heavy atom. The van der Waals surface area contributed by atoms with Gasteiger partial charge in [-0.2, -0.15) is 0 Å². The third-order valence-corrected chi connectivity index (χ3v) is 2.91. The van der Waals surface area contributed by atoms with Gasteiger partial charge in [-0.05, 0) is 40.7 Å². The predicted octanol–water partition coefficient (Wildman–Crippen LogP) is 3.65. The minimum atomic E-state index is 0.0560. The zero-order valence-corrected chi connectivity index (χ0v) is 12.6. The number of aryl methyl sites for hydroxylation is 2. The number of aromatic nitrogens is 2. The number of nitrogens with zero attached hydrogens (tertiary/aromatic N) is 2. The van der Waals surface area contributed by atoms with Gasteiger partial charge in [-0.15, -0.1) is 0 Å². The van der Waals surface area contributed by atoms with Gasteiger partial charge >= 0.3 is 0 Å². The van der Waals surface area contributed by atoms with Crippen molar-refractivity contribution in [3.05, 3.63) is 35.5 Å². The van der Waals surface area contributed by atoms with Crippen LogP contribution >= 0.6 is 0 Å². The van der Waals surface area contributed by atoms with Crippen LogP contribution in [0.1, 0.15) is 43.9 Å². The molecular weight excluding hydrogens is 254 g/mol. The lowest BCUT2D eigenvalue weighted by atomic mass is 10.1. The summed E-state index contributed by atoms with van der Waals surface area (Å²) < 4.78 is 11.2. The van der Waals surface area contributed by atoms with Crippen LogP contribution in [-0.4, -0.2) is 16.1 Å². The van der Waals surface area contributed by atoms with Gasteiger partial charge in [0.1, 0.15) is 11.5 Å². The van der Waals surface area contributed by atoms with Gasteiger partial charge in [-0.3, -0.25) is 0 Å². The van der Waals surface area contributed by atoms with Crippen molar-refractivity contribution in [2.24, 2.45) is 0 Å². The molecule has 0 amide bonds. The molecule has 2 aromatic heterocycles. The molecule has 1 N–H and O–H groups in total. The minimum absolute atomic E-state index is 0.0560. The highest BCUT2D eigenvalue weighted by atomic mass is 16.5. The largest absolute Gasteiger partial charge is 0.472 e. The molecule has 2 heterocycles. The Morgan fingerprint density at radius 3 is 2.45 bits per heavy atom. The molecule has 0 fully saturated rings. The first-order valence-corrected chi connectivity index (χ1v) is 6.78. The van der Waals surface area contributed by atoms with E-state index in [1.807, 2.05) is 33.8 Å². The van der Waals surface area contributed by atoms with Crippen LogP contribution in [0.15, 0.2) is 22.9 Å². The fourth-order valence-corrected chi connectivity index (χ4v) is 2.10. The van der Waals surface area contributed by atoms with E-state index in [1.54, 1.807) is 12.4 Å². The second kappa shape index (κ2) is 5.94. The normalized spacial score (nSPS) is 12.5. The van der Waals surface area contributed by atoms with Crippen LogP contribution in [0.3, 0.4) is 0 Å². The van der Waals surface area contributed by atoms with Crippen LogP contribution in [0, 0.1) is 13.8 Å². The molecule has 1 unspecified atom stereocenters. The summed E-state index contributed by atoms with van der Waals surface area (Å²) in [5.41, 5.74) is 1.11. The van der Waals surface area contributed by atoms with Gasteiger partial charge < -0.3 is 14.5 Å². The Morgan fingerprint density at radius 2 is 1.85 bits per heavy atom. The number of ether oxygens (including phenoxy) is 1. The maximum atomic E-state index is 5.66. The first-order chi connectivity index (χ1) is 9.47. The Bertz CT molecular complexity index is 578. The Hall–Kier alpha value is -2.04. The summed E-state index contributed by atoms with van der Waals surface area (Å²) in [7, 11) is 0. The Labute approximate surface area is 119 Å². The van der Waals surface area contributed by atoms with Gasteiger partial charge in [0.05, 0.1) is 12.1 Å².